The molecule has 0 aromatic heterocycles. The monoisotopic (exact) mass is 528 g/mol. The number of hydrogen-bond acceptors (Lipinski definition) is 6. The number of unbranched alkanes of at least 4 members (excludes halogenated alkanes) is 15. The zero-order chi connectivity index (χ0) is 25.5. The molecule has 0 amide bonds. The normalized spacial score (nSPS) is 13.6. The molecule has 2 N–H and O–H groups in total. The van der Waals surface area contributed by atoms with Crippen molar-refractivity contribution in [2.24, 2.45) is 0 Å². The summed E-state index contributed by atoms with van der Waals surface area (Å²) in [5.74, 6) is 0. The minimum Gasteiger partial charge on any atom is -0.264 e. The van der Waals surface area contributed by atoms with Gasteiger partial charge in [0.25, 0.3) is 0 Å². The van der Waals surface area contributed by atoms with Crippen LogP contribution in [-0.4, -0.2) is 38.7 Å². The molecule has 1 atom stereocenters. The van der Waals surface area contributed by atoms with Crippen LogP contribution in [0.1, 0.15) is 129 Å². The molecule has 10 heteroatoms. The highest BCUT2D eigenvalue weighted by Gasteiger charge is 2.16. The molecule has 0 aliphatic heterocycles. The molecule has 0 radical (unpaired) electrons. The SMILES string of the molecule is CCCCCCCCCCCCCCCCC/C=C/CC(CCCOS(=O)(=O)O)OS(=O)(=O)O. The van der Waals surface area contributed by atoms with Gasteiger partial charge in [0.15, 0.2) is 0 Å². The average Bonchev–Trinajstić information content (AvgIpc) is 2.74. The van der Waals surface area contributed by atoms with E-state index >= 15 is 0 Å². The van der Waals surface area contributed by atoms with E-state index in [1.165, 1.54) is 89.9 Å². The van der Waals surface area contributed by atoms with Gasteiger partial charge in [0, 0.05) is 0 Å². The van der Waals surface area contributed by atoms with Crippen molar-refractivity contribution in [2.45, 2.75) is 135 Å². The van der Waals surface area contributed by atoms with Crippen LogP contribution in [0.25, 0.3) is 0 Å². The summed E-state index contributed by atoms with van der Waals surface area (Å²) in [4.78, 5) is 0. The fraction of sp³-hybridized carbons (Fsp3) is 0.917. The minimum absolute atomic E-state index is 0.146. The molecule has 1 unspecified atom stereocenters. The Labute approximate surface area is 208 Å². The Balaban J connectivity index is 3.68. The van der Waals surface area contributed by atoms with E-state index in [9.17, 15) is 16.8 Å². The smallest absolute Gasteiger partial charge is 0.264 e. The van der Waals surface area contributed by atoms with E-state index in [0.717, 1.165) is 12.8 Å². The third kappa shape index (κ3) is 27.7. The molecule has 0 rings (SSSR count). The predicted octanol–water partition coefficient (Wildman–Crippen LogP) is 6.98. The molecule has 0 bridgehead atoms. The molecular formula is C24H48O8S2. The van der Waals surface area contributed by atoms with Gasteiger partial charge in [-0.15, -0.1) is 0 Å². The third-order valence-corrected chi connectivity index (χ3v) is 6.68. The van der Waals surface area contributed by atoms with Crippen molar-refractivity contribution in [3.8, 4) is 0 Å². The summed E-state index contributed by atoms with van der Waals surface area (Å²) in [6.45, 7) is 1.96. The molecule has 0 saturated carbocycles. The largest absolute Gasteiger partial charge is 0.397 e. The van der Waals surface area contributed by atoms with Crippen LogP contribution in [0, 0.1) is 0 Å². The minimum atomic E-state index is -4.61. The van der Waals surface area contributed by atoms with Crippen molar-refractivity contribution in [3.63, 3.8) is 0 Å². The van der Waals surface area contributed by atoms with Crippen molar-refractivity contribution < 1.29 is 34.3 Å². The van der Waals surface area contributed by atoms with E-state index in [4.69, 9.17) is 9.11 Å². The van der Waals surface area contributed by atoms with Crippen molar-refractivity contribution in [2.75, 3.05) is 6.61 Å². The summed E-state index contributed by atoms with van der Waals surface area (Å²) in [5.41, 5.74) is 0. The zero-order valence-corrected chi connectivity index (χ0v) is 22.7. The van der Waals surface area contributed by atoms with E-state index in [1.54, 1.807) is 0 Å². The van der Waals surface area contributed by atoms with Gasteiger partial charge in [-0.1, -0.05) is 109 Å². The number of rotatable bonds is 25. The van der Waals surface area contributed by atoms with Gasteiger partial charge in [-0.05, 0) is 32.1 Å². The second-order valence-corrected chi connectivity index (χ2v) is 11.1. The van der Waals surface area contributed by atoms with Gasteiger partial charge in [0.05, 0.1) is 12.7 Å². The summed E-state index contributed by atoms with van der Waals surface area (Å²) in [6.07, 6.45) is 24.2. The molecular weight excluding hydrogens is 480 g/mol. The van der Waals surface area contributed by atoms with Gasteiger partial charge in [0.2, 0.25) is 0 Å². The van der Waals surface area contributed by atoms with Crippen LogP contribution < -0.4 is 0 Å². The van der Waals surface area contributed by atoms with Gasteiger partial charge in [-0.25, -0.2) is 8.37 Å². The van der Waals surface area contributed by atoms with E-state index in [-0.39, 0.29) is 25.9 Å². The summed E-state index contributed by atoms with van der Waals surface area (Å²) < 4.78 is 69.2. The molecule has 0 aromatic carbocycles. The van der Waals surface area contributed by atoms with Crippen molar-refractivity contribution >= 4 is 20.8 Å². The van der Waals surface area contributed by atoms with Gasteiger partial charge in [-0.3, -0.25) is 9.11 Å². The third-order valence-electron chi connectivity index (χ3n) is 5.70. The Morgan fingerprint density at radius 1 is 0.647 bits per heavy atom. The van der Waals surface area contributed by atoms with Crippen LogP contribution in [0.3, 0.4) is 0 Å². The maximum atomic E-state index is 11.0. The molecule has 34 heavy (non-hydrogen) atoms. The summed E-state index contributed by atoms with van der Waals surface area (Å²) in [7, 11) is -9.13. The molecule has 0 spiro atoms. The highest BCUT2D eigenvalue weighted by Crippen LogP contribution is 2.15. The first-order chi connectivity index (χ1) is 16.1. The van der Waals surface area contributed by atoms with E-state index in [0.29, 0.717) is 0 Å². The molecule has 0 heterocycles. The predicted molar refractivity (Wildman–Crippen MR) is 136 cm³/mol. The number of hydrogen-bond donors (Lipinski definition) is 2. The van der Waals surface area contributed by atoms with Crippen LogP contribution in [0.2, 0.25) is 0 Å². The lowest BCUT2D eigenvalue weighted by Gasteiger charge is -2.13. The topological polar surface area (TPSA) is 127 Å². The van der Waals surface area contributed by atoms with Crippen LogP contribution in [0.5, 0.6) is 0 Å². The summed E-state index contributed by atoms with van der Waals surface area (Å²) in [5, 5.41) is 0. The average molecular weight is 529 g/mol. The Morgan fingerprint density at radius 2 is 1.12 bits per heavy atom. The van der Waals surface area contributed by atoms with Crippen molar-refractivity contribution in [1.29, 1.82) is 0 Å². The van der Waals surface area contributed by atoms with Crippen LogP contribution in [0.15, 0.2) is 12.2 Å². The molecule has 204 valence electrons. The molecule has 8 nitrogen and oxygen atoms in total. The first-order valence-corrected chi connectivity index (χ1v) is 15.8. The Kier molecular flexibility index (Phi) is 21.4. The highest BCUT2D eigenvalue weighted by atomic mass is 32.3. The second kappa shape index (κ2) is 21.7. The van der Waals surface area contributed by atoms with Gasteiger partial charge >= 0.3 is 20.8 Å². The summed E-state index contributed by atoms with van der Waals surface area (Å²) in [6, 6.07) is 0. The second-order valence-electron chi connectivity index (χ2n) is 8.98. The standard InChI is InChI=1S/C24H48O8S2/c1-2-3-4-5-6-7-8-9-10-11-12-13-14-15-16-17-18-19-21-24(32-34(28,29)30)22-20-23-31-33(25,26)27/h18-19,24H,2-17,20-23H2,1H3,(H,25,26,27)(H,28,29,30)/b19-18+. The molecule has 0 aliphatic rings. The first-order valence-electron chi connectivity index (χ1n) is 13.1. The van der Waals surface area contributed by atoms with Crippen LogP contribution >= 0.6 is 0 Å². The maximum absolute atomic E-state index is 11.0. The molecule has 0 aliphatic carbocycles. The van der Waals surface area contributed by atoms with E-state index < -0.39 is 26.9 Å². The lowest BCUT2D eigenvalue weighted by Crippen LogP contribution is -2.18. The Hall–Kier alpha value is -0.520. The van der Waals surface area contributed by atoms with Gasteiger partial charge in [0.1, 0.15) is 0 Å². The Morgan fingerprint density at radius 3 is 1.56 bits per heavy atom. The quantitative estimate of drug-likeness (QED) is 0.0737. The summed E-state index contributed by atoms with van der Waals surface area (Å²) >= 11 is 0. The first kappa shape index (κ1) is 33.5. The van der Waals surface area contributed by atoms with Gasteiger partial charge < -0.3 is 0 Å². The molecule has 0 fully saturated rings. The Bertz CT molecular complexity index is 690. The number of allylic oxidation sites excluding steroid dienone is 1. The lowest BCUT2D eigenvalue weighted by atomic mass is 10.0. The highest BCUT2D eigenvalue weighted by molar-refractivity contribution is 7.81. The van der Waals surface area contributed by atoms with Crippen LogP contribution in [-0.2, 0) is 29.2 Å². The molecule has 0 aromatic rings. The van der Waals surface area contributed by atoms with Crippen LogP contribution in [0.4, 0.5) is 0 Å². The van der Waals surface area contributed by atoms with Crippen molar-refractivity contribution in [3.05, 3.63) is 12.2 Å². The lowest BCUT2D eigenvalue weighted by molar-refractivity contribution is 0.162. The van der Waals surface area contributed by atoms with Crippen molar-refractivity contribution in [1.82, 2.24) is 0 Å². The maximum Gasteiger partial charge on any atom is 0.397 e. The fourth-order valence-corrected chi connectivity index (χ4v) is 4.70. The zero-order valence-electron chi connectivity index (χ0n) is 21.0. The van der Waals surface area contributed by atoms with Gasteiger partial charge in [-0.2, -0.15) is 16.8 Å². The molecule has 0 saturated heterocycles. The van der Waals surface area contributed by atoms with E-state index in [1.807, 2.05) is 12.2 Å². The fourth-order valence-electron chi connectivity index (χ4n) is 3.85. The van der Waals surface area contributed by atoms with E-state index in [2.05, 4.69) is 15.3 Å².